The molecule has 0 aromatic heterocycles. The van der Waals surface area contributed by atoms with Gasteiger partial charge in [-0.15, -0.1) is 0 Å². The molecule has 0 aliphatic heterocycles. The van der Waals surface area contributed by atoms with Gasteiger partial charge in [0.05, 0.1) is 0 Å². The number of rotatable bonds is 3. The standard InChI is InChI=1S/C17H13F7O4S2/c18-11-12(19)14(21)15(13(11)20)29(25,26)16(30(27,28)17(22,23)24)10-6-5-8-3-1-2-4-9(8)7-10/h1-5,7,11-15H,6H2/b16-10-. The summed E-state index contributed by atoms with van der Waals surface area (Å²) in [7, 11) is -12.7. The Morgan fingerprint density at radius 1 is 0.833 bits per heavy atom. The van der Waals surface area contributed by atoms with Crippen molar-refractivity contribution in [3.63, 3.8) is 0 Å². The van der Waals surface area contributed by atoms with Crippen LogP contribution in [0.3, 0.4) is 0 Å². The number of fused-ring (bicyclic) bond motifs is 1. The second-order valence-corrected chi connectivity index (χ2v) is 10.9. The van der Waals surface area contributed by atoms with E-state index in [4.69, 9.17) is 0 Å². The van der Waals surface area contributed by atoms with Gasteiger partial charge in [0.1, 0.15) is 5.25 Å². The van der Waals surface area contributed by atoms with Crippen molar-refractivity contribution < 1.29 is 47.6 Å². The minimum atomic E-state index is -6.66. The first-order chi connectivity index (χ1) is 13.7. The van der Waals surface area contributed by atoms with Gasteiger partial charge in [0.25, 0.3) is 9.84 Å². The van der Waals surface area contributed by atoms with Crippen LogP contribution in [-0.4, -0.2) is 52.3 Å². The lowest BCUT2D eigenvalue weighted by Gasteiger charge is -2.22. The molecule has 30 heavy (non-hydrogen) atoms. The highest BCUT2D eigenvalue weighted by atomic mass is 32.3. The van der Waals surface area contributed by atoms with E-state index in [0.29, 0.717) is 5.22 Å². The Hall–Kier alpha value is -1.89. The lowest BCUT2D eigenvalue weighted by Crippen LogP contribution is -2.41. The van der Waals surface area contributed by atoms with Gasteiger partial charge in [0.15, 0.2) is 38.8 Å². The van der Waals surface area contributed by atoms with Crippen molar-refractivity contribution in [3.05, 3.63) is 44.5 Å². The molecule has 4 nitrogen and oxygen atoms in total. The Labute approximate surface area is 166 Å². The van der Waals surface area contributed by atoms with E-state index in [1.54, 1.807) is 6.07 Å². The van der Waals surface area contributed by atoms with Crippen molar-refractivity contribution in [2.45, 2.75) is 41.9 Å². The summed E-state index contributed by atoms with van der Waals surface area (Å²) in [6.07, 6.45) is -11.9. The van der Waals surface area contributed by atoms with Gasteiger partial charge >= 0.3 is 5.51 Å². The van der Waals surface area contributed by atoms with Crippen LogP contribution in [0.25, 0.3) is 12.2 Å². The molecule has 1 aromatic rings. The van der Waals surface area contributed by atoms with Crippen molar-refractivity contribution in [1.29, 1.82) is 0 Å². The zero-order valence-corrected chi connectivity index (χ0v) is 16.3. The van der Waals surface area contributed by atoms with E-state index >= 15 is 0 Å². The van der Waals surface area contributed by atoms with Gasteiger partial charge in [-0.05, 0) is 28.5 Å². The van der Waals surface area contributed by atoms with Crippen molar-refractivity contribution in [2.75, 3.05) is 0 Å². The molecule has 3 rings (SSSR count). The molecule has 4 atom stereocenters. The number of benzene rings is 1. The van der Waals surface area contributed by atoms with Crippen LogP contribution in [0, 0.1) is 0 Å². The van der Waals surface area contributed by atoms with E-state index in [2.05, 4.69) is 0 Å². The minimum Gasteiger partial charge on any atom is -0.243 e. The first-order valence-corrected chi connectivity index (χ1v) is 11.4. The summed E-state index contributed by atoms with van der Waals surface area (Å²) >= 11 is 0. The first-order valence-electron chi connectivity index (χ1n) is 8.33. The molecule has 0 radical (unpaired) electrons. The molecule has 1 saturated carbocycles. The van der Waals surface area contributed by atoms with E-state index in [1.165, 1.54) is 24.3 Å². The summed E-state index contributed by atoms with van der Waals surface area (Å²) in [6, 6.07) is 5.86. The van der Waals surface area contributed by atoms with Crippen LogP contribution in [0.2, 0.25) is 0 Å². The molecule has 0 amide bonds. The normalized spacial score (nSPS) is 31.5. The number of hydrogen-bond donors (Lipinski definition) is 0. The molecule has 0 spiro atoms. The van der Waals surface area contributed by atoms with E-state index in [0.717, 1.165) is 6.08 Å². The molecule has 1 fully saturated rings. The predicted octanol–water partition coefficient (Wildman–Crippen LogP) is 1.95. The lowest BCUT2D eigenvalue weighted by molar-refractivity contribution is -0.0425. The molecule has 2 aliphatic carbocycles. The third-order valence-corrected chi connectivity index (χ3v) is 9.57. The molecule has 0 N–H and O–H groups in total. The van der Waals surface area contributed by atoms with Crippen molar-refractivity contribution in [3.8, 4) is 0 Å². The summed E-state index contributed by atoms with van der Waals surface area (Å²) in [5, 5.41) is -2.69. The molecule has 0 bridgehead atoms. The van der Waals surface area contributed by atoms with Crippen molar-refractivity contribution >= 4 is 31.8 Å². The van der Waals surface area contributed by atoms with E-state index in [9.17, 15) is 47.6 Å². The fraction of sp³-hybridized carbons (Fsp3) is 0.412. The highest BCUT2D eigenvalue weighted by Gasteiger charge is 2.63. The monoisotopic (exact) mass is 478 g/mol. The van der Waals surface area contributed by atoms with Crippen LogP contribution in [0.5, 0.6) is 0 Å². The lowest BCUT2D eigenvalue weighted by atomic mass is 10.0. The van der Waals surface area contributed by atoms with E-state index in [1.807, 2.05) is 0 Å². The van der Waals surface area contributed by atoms with Gasteiger partial charge in [-0.2, -0.15) is 13.2 Å². The smallest absolute Gasteiger partial charge is 0.243 e. The maximum Gasteiger partial charge on any atom is 0.502 e. The molecule has 1 aromatic carbocycles. The van der Waals surface area contributed by atoms with Gasteiger partial charge in [-0.25, -0.2) is 34.4 Å². The fourth-order valence-corrected chi connectivity index (χ4v) is 7.68. The molecule has 2 aliphatic rings. The van der Waals surface area contributed by atoms with Crippen LogP contribution in [0.15, 0.2) is 34.1 Å². The zero-order chi connectivity index (χ0) is 22.6. The summed E-state index contributed by atoms with van der Waals surface area (Å²) in [5.41, 5.74) is -7.06. The second-order valence-electron chi connectivity index (χ2n) is 6.73. The van der Waals surface area contributed by atoms with Crippen molar-refractivity contribution in [2.24, 2.45) is 0 Å². The molecule has 166 valence electrons. The van der Waals surface area contributed by atoms with Crippen LogP contribution in [-0.2, 0) is 19.7 Å². The molecule has 0 heterocycles. The van der Waals surface area contributed by atoms with Gasteiger partial charge < -0.3 is 0 Å². The number of hydrogen-bond acceptors (Lipinski definition) is 4. The SMILES string of the molecule is O=S(=O)(/C(=C1/C=c2ccccc2=CC1)S(=O)(=O)C(F)(F)F)C1C(F)C(F)C(F)C1F. The molecule has 13 heteroatoms. The highest BCUT2D eigenvalue weighted by molar-refractivity contribution is 8.15. The van der Waals surface area contributed by atoms with Gasteiger partial charge in [-0.1, -0.05) is 30.3 Å². The van der Waals surface area contributed by atoms with Gasteiger partial charge in [0.2, 0.25) is 0 Å². The van der Waals surface area contributed by atoms with Gasteiger partial charge in [-0.3, -0.25) is 0 Å². The fourth-order valence-electron chi connectivity index (χ4n) is 3.41. The summed E-state index contributed by atoms with van der Waals surface area (Å²) in [6.45, 7) is 0. The third-order valence-electron chi connectivity index (χ3n) is 4.84. The van der Waals surface area contributed by atoms with Crippen molar-refractivity contribution in [1.82, 2.24) is 0 Å². The Kier molecular flexibility index (Phi) is 5.59. The number of halogens is 7. The maximum atomic E-state index is 14.1. The second kappa shape index (κ2) is 7.36. The predicted molar refractivity (Wildman–Crippen MR) is 93.5 cm³/mol. The number of sulfone groups is 2. The molecule has 0 saturated heterocycles. The maximum absolute atomic E-state index is 14.1. The average molecular weight is 478 g/mol. The highest BCUT2D eigenvalue weighted by Crippen LogP contribution is 2.43. The summed E-state index contributed by atoms with van der Waals surface area (Å²) in [4.78, 5) is 0. The van der Waals surface area contributed by atoms with Crippen LogP contribution in [0.1, 0.15) is 6.42 Å². The van der Waals surface area contributed by atoms with E-state index in [-0.39, 0.29) is 5.22 Å². The first kappa shape index (κ1) is 22.8. The summed E-state index contributed by atoms with van der Waals surface area (Å²) < 4.78 is 142. The molecular formula is C17H13F7O4S2. The molecular weight excluding hydrogens is 465 g/mol. The summed E-state index contributed by atoms with van der Waals surface area (Å²) in [5.74, 6) is 0. The number of alkyl halides is 7. The quantitative estimate of drug-likeness (QED) is 0.623. The topological polar surface area (TPSA) is 68.3 Å². The zero-order valence-electron chi connectivity index (χ0n) is 14.7. The third kappa shape index (κ3) is 3.45. The number of allylic oxidation sites excluding steroid dienone is 1. The van der Waals surface area contributed by atoms with E-state index < -0.39 is 71.4 Å². The Bertz CT molecular complexity index is 1210. The average Bonchev–Trinajstić information content (AvgIpc) is 2.83. The van der Waals surface area contributed by atoms with Crippen LogP contribution in [0.4, 0.5) is 30.7 Å². The van der Waals surface area contributed by atoms with Crippen LogP contribution >= 0.6 is 0 Å². The van der Waals surface area contributed by atoms with Gasteiger partial charge in [0, 0.05) is 0 Å². The Morgan fingerprint density at radius 2 is 1.33 bits per heavy atom. The molecule has 4 unspecified atom stereocenters. The Balaban J connectivity index is 2.34. The Morgan fingerprint density at radius 3 is 1.83 bits per heavy atom. The van der Waals surface area contributed by atoms with Crippen LogP contribution < -0.4 is 10.4 Å². The minimum absolute atomic E-state index is 0.149. The largest absolute Gasteiger partial charge is 0.502 e.